The third kappa shape index (κ3) is 4.37. The first-order chi connectivity index (χ1) is 15.9. The number of amides is 2. The lowest BCUT2D eigenvalue weighted by Gasteiger charge is -2.30. The summed E-state index contributed by atoms with van der Waals surface area (Å²) in [5.41, 5.74) is 1.91. The molecule has 2 heterocycles. The molecule has 0 spiro atoms. The molecule has 1 N–H and O–H groups in total. The minimum Gasteiger partial charge on any atom is -0.493 e. The van der Waals surface area contributed by atoms with Crippen molar-refractivity contribution in [1.29, 1.82) is 0 Å². The monoisotopic (exact) mass is 452 g/mol. The quantitative estimate of drug-likeness (QED) is 0.619. The zero-order valence-corrected chi connectivity index (χ0v) is 19.0. The number of likely N-dealkylation sites (tertiary alicyclic amines) is 1. The minimum atomic E-state index is -0.974. The van der Waals surface area contributed by atoms with Gasteiger partial charge in [0.1, 0.15) is 11.6 Å². The van der Waals surface area contributed by atoms with E-state index in [1.165, 1.54) is 24.7 Å². The second kappa shape index (κ2) is 9.52. The van der Waals surface area contributed by atoms with Crippen molar-refractivity contribution in [3.63, 3.8) is 0 Å². The van der Waals surface area contributed by atoms with Gasteiger partial charge >= 0.3 is 5.97 Å². The Hall–Kier alpha value is -3.55. The highest BCUT2D eigenvalue weighted by molar-refractivity contribution is 5.99. The Morgan fingerprint density at radius 1 is 1.15 bits per heavy atom. The number of rotatable bonds is 8. The van der Waals surface area contributed by atoms with E-state index in [2.05, 4.69) is 17.4 Å². The molecule has 4 rings (SSSR count). The molecule has 2 aliphatic heterocycles. The molecule has 0 aliphatic carbocycles. The lowest BCUT2D eigenvalue weighted by atomic mass is 10.0. The lowest BCUT2D eigenvalue weighted by molar-refractivity contribution is -0.146. The highest BCUT2D eigenvalue weighted by Crippen LogP contribution is 2.45. The predicted octanol–water partition coefficient (Wildman–Crippen LogP) is 3.00. The molecular weight excluding hydrogens is 424 g/mol. The van der Waals surface area contributed by atoms with Crippen LogP contribution in [0.3, 0.4) is 0 Å². The van der Waals surface area contributed by atoms with E-state index >= 15 is 0 Å². The number of benzene rings is 2. The summed E-state index contributed by atoms with van der Waals surface area (Å²) >= 11 is 0. The molecule has 1 fully saturated rings. The van der Waals surface area contributed by atoms with Gasteiger partial charge in [-0.3, -0.25) is 14.5 Å². The number of hydrogen-bond donors (Lipinski definition) is 1. The Balaban J connectivity index is 1.50. The Labute approximate surface area is 192 Å². The first kappa shape index (κ1) is 22.6. The van der Waals surface area contributed by atoms with E-state index in [1.807, 2.05) is 25.1 Å². The van der Waals surface area contributed by atoms with Crippen molar-refractivity contribution >= 4 is 17.8 Å². The van der Waals surface area contributed by atoms with Crippen molar-refractivity contribution in [1.82, 2.24) is 10.2 Å². The first-order valence-electron chi connectivity index (χ1n) is 11.1. The average molecular weight is 453 g/mol. The van der Waals surface area contributed by atoms with Crippen LogP contribution in [0.1, 0.15) is 53.9 Å². The van der Waals surface area contributed by atoms with Crippen molar-refractivity contribution in [3.05, 3.63) is 59.2 Å². The molecule has 0 radical (unpaired) electrons. The summed E-state index contributed by atoms with van der Waals surface area (Å²) in [6, 6.07) is 12.6. The van der Waals surface area contributed by atoms with Gasteiger partial charge in [-0.1, -0.05) is 30.3 Å². The van der Waals surface area contributed by atoms with Gasteiger partial charge in [0.2, 0.25) is 18.0 Å². The average Bonchev–Trinajstić information content (AvgIpc) is 3.37. The summed E-state index contributed by atoms with van der Waals surface area (Å²) in [6.45, 7) is 1.95. The summed E-state index contributed by atoms with van der Waals surface area (Å²) in [5, 5.41) is 3.02. The number of methoxy groups -OCH3 is 2. The van der Waals surface area contributed by atoms with Crippen LogP contribution in [-0.2, 0) is 20.7 Å². The predicted molar refractivity (Wildman–Crippen MR) is 120 cm³/mol. The van der Waals surface area contributed by atoms with Crippen LogP contribution in [0.2, 0.25) is 0 Å². The van der Waals surface area contributed by atoms with Crippen LogP contribution in [0.4, 0.5) is 0 Å². The highest BCUT2D eigenvalue weighted by atomic mass is 16.6. The molecule has 2 aromatic carbocycles. The lowest BCUT2D eigenvalue weighted by Crippen LogP contribution is -2.48. The molecule has 8 heteroatoms. The number of fused-ring (bicyclic) bond motifs is 1. The zero-order valence-electron chi connectivity index (χ0n) is 19.0. The van der Waals surface area contributed by atoms with Crippen molar-refractivity contribution in [2.24, 2.45) is 0 Å². The molecule has 2 aromatic rings. The fraction of sp³-hybridized carbons (Fsp3) is 0.400. The summed E-state index contributed by atoms with van der Waals surface area (Å²) in [4.78, 5) is 39.9. The van der Waals surface area contributed by atoms with Crippen molar-refractivity contribution < 1.29 is 28.6 Å². The highest BCUT2D eigenvalue weighted by Gasteiger charge is 2.47. The van der Waals surface area contributed by atoms with Gasteiger partial charge in [0.15, 0.2) is 11.5 Å². The van der Waals surface area contributed by atoms with Crippen LogP contribution in [0.5, 0.6) is 11.5 Å². The molecule has 0 unspecified atom stereocenters. The smallest absolute Gasteiger partial charge is 0.344 e. The largest absolute Gasteiger partial charge is 0.493 e. The van der Waals surface area contributed by atoms with Gasteiger partial charge in [-0.05, 0) is 43.9 Å². The Kier molecular flexibility index (Phi) is 6.53. The molecule has 2 amide bonds. The molecule has 174 valence electrons. The Morgan fingerprint density at radius 2 is 1.91 bits per heavy atom. The third-order valence-corrected chi connectivity index (χ3v) is 6.17. The number of carbonyl (C=O) groups is 3. The van der Waals surface area contributed by atoms with Crippen LogP contribution < -0.4 is 14.8 Å². The van der Waals surface area contributed by atoms with E-state index in [0.29, 0.717) is 17.7 Å². The Bertz CT molecular complexity index is 1050. The number of nitrogens with one attached hydrogen (secondary N) is 1. The topological polar surface area (TPSA) is 94.2 Å². The number of aryl methyl sites for hydroxylation is 1. The van der Waals surface area contributed by atoms with Gasteiger partial charge in [-0.2, -0.15) is 0 Å². The molecule has 0 aromatic heterocycles. The van der Waals surface area contributed by atoms with Crippen molar-refractivity contribution in [3.8, 4) is 11.5 Å². The van der Waals surface area contributed by atoms with Gasteiger partial charge < -0.3 is 19.5 Å². The molecule has 8 nitrogen and oxygen atoms in total. The second-order valence-corrected chi connectivity index (χ2v) is 8.31. The van der Waals surface area contributed by atoms with Crippen LogP contribution in [-0.4, -0.2) is 49.0 Å². The van der Waals surface area contributed by atoms with E-state index in [9.17, 15) is 14.4 Å². The van der Waals surface area contributed by atoms with Gasteiger partial charge in [0.05, 0.1) is 14.2 Å². The normalized spacial score (nSPS) is 20.3. The fourth-order valence-electron chi connectivity index (χ4n) is 4.48. The van der Waals surface area contributed by atoms with E-state index in [4.69, 9.17) is 14.2 Å². The molecule has 33 heavy (non-hydrogen) atoms. The van der Waals surface area contributed by atoms with E-state index in [1.54, 1.807) is 12.1 Å². The number of hydrogen-bond acceptors (Lipinski definition) is 6. The van der Waals surface area contributed by atoms with E-state index in [-0.39, 0.29) is 35.6 Å². The summed E-state index contributed by atoms with van der Waals surface area (Å²) in [7, 11) is 2.91. The van der Waals surface area contributed by atoms with Crippen molar-refractivity contribution in [2.45, 2.75) is 50.9 Å². The maximum Gasteiger partial charge on any atom is 0.344 e. The summed E-state index contributed by atoms with van der Waals surface area (Å²) in [5.74, 6) is -0.437. The maximum atomic E-state index is 13.1. The van der Waals surface area contributed by atoms with Crippen LogP contribution >= 0.6 is 0 Å². The molecule has 2 aliphatic rings. The third-order valence-electron chi connectivity index (χ3n) is 6.17. The number of nitrogens with zero attached hydrogens (tertiary/aromatic N) is 1. The molecular formula is C25H28N2O6. The zero-order chi connectivity index (χ0) is 23.5. The van der Waals surface area contributed by atoms with Gasteiger partial charge in [-0.25, -0.2) is 4.79 Å². The first-order valence-corrected chi connectivity index (χ1v) is 11.1. The summed E-state index contributed by atoms with van der Waals surface area (Å²) in [6.07, 6.45) is 1.22. The fourth-order valence-corrected chi connectivity index (χ4v) is 4.48. The number of cyclic esters (lactones) is 1. The van der Waals surface area contributed by atoms with Crippen LogP contribution in [0.15, 0.2) is 42.5 Å². The van der Waals surface area contributed by atoms with Gasteiger partial charge in [0, 0.05) is 18.0 Å². The molecule has 0 bridgehead atoms. The van der Waals surface area contributed by atoms with E-state index < -0.39 is 18.2 Å². The molecule has 1 saturated heterocycles. The SMILES string of the molecule is COc1ccc2c(c1OC)C(=O)O[C@@H]2N1C(=O)CC[C@@H]1C(=O)N[C@H](C)CCc1ccccc1. The van der Waals surface area contributed by atoms with Crippen LogP contribution in [0.25, 0.3) is 0 Å². The molecule has 3 atom stereocenters. The Morgan fingerprint density at radius 3 is 2.61 bits per heavy atom. The maximum absolute atomic E-state index is 13.1. The van der Waals surface area contributed by atoms with Crippen molar-refractivity contribution in [2.75, 3.05) is 14.2 Å². The van der Waals surface area contributed by atoms with Gasteiger partial charge in [0.25, 0.3) is 0 Å². The second-order valence-electron chi connectivity index (χ2n) is 8.31. The summed E-state index contributed by atoms with van der Waals surface area (Å²) < 4.78 is 16.2. The van der Waals surface area contributed by atoms with Gasteiger partial charge in [-0.15, -0.1) is 0 Å². The molecule has 0 saturated carbocycles. The minimum absolute atomic E-state index is 0.0713. The van der Waals surface area contributed by atoms with Crippen LogP contribution in [0, 0.1) is 0 Å². The number of ether oxygens (including phenoxy) is 3. The van der Waals surface area contributed by atoms with E-state index in [0.717, 1.165) is 12.8 Å². The standard InChI is InChI=1S/C25H28N2O6/c1-15(9-10-16-7-5-4-6-8-16)26-23(29)18-12-14-20(28)27(18)24-17-11-13-19(31-2)22(32-3)21(17)25(30)33-24/h4-8,11,13,15,18,24H,9-10,12,14H2,1-3H3,(H,26,29)/t15-,18-,24+/m1/s1. The number of esters is 1. The number of carbonyl (C=O) groups excluding carboxylic acids is 3.